The van der Waals surface area contributed by atoms with Crippen LogP contribution in [0.25, 0.3) is 10.8 Å². The van der Waals surface area contributed by atoms with Crippen molar-refractivity contribution in [2.24, 2.45) is 0 Å². The van der Waals surface area contributed by atoms with Crippen molar-refractivity contribution in [1.82, 2.24) is 19.9 Å². The number of hydrogen-bond acceptors (Lipinski definition) is 5. The predicted octanol–water partition coefficient (Wildman–Crippen LogP) is 3.26. The molecule has 3 aromatic rings. The fourth-order valence-electron chi connectivity index (χ4n) is 3.72. The molecule has 7 heteroatoms. The van der Waals surface area contributed by atoms with Crippen LogP contribution in [0, 0.1) is 0 Å². The average molecular weight is 406 g/mol. The van der Waals surface area contributed by atoms with Gasteiger partial charge in [-0.15, -0.1) is 0 Å². The molecule has 30 heavy (non-hydrogen) atoms. The van der Waals surface area contributed by atoms with Crippen LogP contribution in [-0.2, 0) is 11.2 Å². The number of rotatable bonds is 5. The van der Waals surface area contributed by atoms with Gasteiger partial charge < -0.3 is 14.3 Å². The Labute approximate surface area is 175 Å². The van der Waals surface area contributed by atoms with Crippen molar-refractivity contribution in [3.05, 3.63) is 59.7 Å². The molecule has 7 nitrogen and oxygen atoms in total. The number of carbonyl (C=O) groups is 2. The number of amides is 2. The van der Waals surface area contributed by atoms with E-state index in [1.807, 2.05) is 66.1 Å². The molecule has 0 N–H and O–H groups in total. The maximum atomic E-state index is 13.1. The fraction of sp³-hybridized carbons (Fsp3) is 0.391. The number of hydrogen-bond donors (Lipinski definition) is 0. The van der Waals surface area contributed by atoms with E-state index in [0.717, 1.165) is 10.8 Å². The molecule has 0 aliphatic carbocycles. The van der Waals surface area contributed by atoms with Crippen LogP contribution in [-0.4, -0.2) is 57.9 Å². The lowest BCUT2D eigenvalue weighted by Gasteiger charge is -2.35. The van der Waals surface area contributed by atoms with Crippen molar-refractivity contribution < 1.29 is 14.1 Å². The van der Waals surface area contributed by atoms with E-state index in [2.05, 4.69) is 10.1 Å². The summed E-state index contributed by atoms with van der Waals surface area (Å²) in [5, 5.41) is 5.95. The smallest absolute Gasteiger partial charge is 0.254 e. The minimum Gasteiger partial charge on any atom is -0.339 e. The minimum atomic E-state index is 0.0194. The first-order valence-electron chi connectivity index (χ1n) is 10.4. The monoisotopic (exact) mass is 406 g/mol. The topological polar surface area (TPSA) is 79.5 Å². The van der Waals surface area contributed by atoms with Crippen LogP contribution in [0.15, 0.2) is 47.0 Å². The average Bonchev–Trinajstić information content (AvgIpc) is 3.26. The van der Waals surface area contributed by atoms with Crippen molar-refractivity contribution >= 4 is 22.6 Å². The molecule has 2 heterocycles. The molecule has 1 aliphatic heterocycles. The summed E-state index contributed by atoms with van der Waals surface area (Å²) < 4.78 is 5.21. The molecule has 2 aromatic carbocycles. The Morgan fingerprint density at radius 3 is 2.43 bits per heavy atom. The minimum absolute atomic E-state index is 0.0194. The predicted molar refractivity (Wildman–Crippen MR) is 113 cm³/mol. The first-order chi connectivity index (χ1) is 14.5. The highest BCUT2D eigenvalue weighted by Crippen LogP contribution is 2.21. The summed E-state index contributed by atoms with van der Waals surface area (Å²) in [4.78, 5) is 33.6. The van der Waals surface area contributed by atoms with Gasteiger partial charge in [0.05, 0.1) is 0 Å². The molecule has 2 amide bonds. The second kappa shape index (κ2) is 8.65. The number of carbonyl (C=O) groups excluding carboxylic acids is 2. The zero-order valence-electron chi connectivity index (χ0n) is 17.4. The van der Waals surface area contributed by atoms with E-state index in [4.69, 9.17) is 4.52 Å². The first kappa shape index (κ1) is 20.1. The van der Waals surface area contributed by atoms with E-state index in [9.17, 15) is 9.59 Å². The molecule has 4 rings (SSSR count). The number of benzene rings is 2. The van der Waals surface area contributed by atoms with Crippen molar-refractivity contribution in [2.75, 3.05) is 26.2 Å². The molecule has 0 bridgehead atoms. The number of nitrogens with zero attached hydrogens (tertiary/aromatic N) is 4. The Kier molecular flexibility index (Phi) is 5.79. The fourth-order valence-corrected chi connectivity index (χ4v) is 3.72. The third-order valence-corrected chi connectivity index (χ3v) is 5.49. The highest BCUT2D eigenvalue weighted by molar-refractivity contribution is 6.07. The van der Waals surface area contributed by atoms with Crippen molar-refractivity contribution in [1.29, 1.82) is 0 Å². The molecule has 1 aliphatic rings. The van der Waals surface area contributed by atoms with Gasteiger partial charge in [-0.2, -0.15) is 4.98 Å². The summed E-state index contributed by atoms with van der Waals surface area (Å²) in [5.74, 6) is 1.43. The first-order valence-corrected chi connectivity index (χ1v) is 10.4. The Balaban J connectivity index is 1.32. The van der Waals surface area contributed by atoms with Gasteiger partial charge in [-0.05, 0) is 16.8 Å². The van der Waals surface area contributed by atoms with Crippen LogP contribution in [0.5, 0.6) is 0 Å². The lowest BCUT2D eigenvalue weighted by molar-refractivity contribution is -0.132. The highest BCUT2D eigenvalue weighted by Gasteiger charge is 2.26. The van der Waals surface area contributed by atoms with Crippen molar-refractivity contribution in [3.63, 3.8) is 0 Å². The molecule has 0 unspecified atom stereocenters. The molecule has 0 spiro atoms. The molecule has 0 atom stereocenters. The second-order valence-corrected chi connectivity index (χ2v) is 7.90. The number of aromatic nitrogens is 2. The van der Waals surface area contributed by atoms with E-state index in [0.29, 0.717) is 56.3 Å². The van der Waals surface area contributed by atoms with Crippen LogP contribution >= 0.6 is 0 Å². The zero-order valence-corrected chi connectivity index (χ0v) is 17.4. The number of piperazine rings is 1. The van der Waals surface area contributed by atoms with Crippen LogP contribution in [0.2, 0.25) is 0 Å². The molecule has 1 aromatic heterocycles. The van der Waals surface area contributed by atoms with E-state index in [1.54, 1.807) is 0 Å². The number of aryl methyl sites for hydroxylation is 1. The molecule has 156 valence electrons. The maximum absolute atomic E-state index is 13.1. The SMILES string of the molecule is CC(C)c1noc(CCC(=O)N2CCN(C(=O)c3cccc4ccccc34)CC2)n1. The van der Waals surface area contributed by atoms with E-state index in [1.165, 1.54) is 0 Å². The van der Waals surface area contributed by atoms with Gasteiger partial charge >= 0.3 is 0 Å². The molecule has 0 radical (unpaired) electrons. The lowest BCUT2D eigenvalue weighted by Crippen LogP contribution is -2.50. The quantitative estimate of drug-likeness (QED) is 0.650. The molecular formula is C23H26N4O3. The van der Waals surface area contributed by atoms with Gasteiger partial charge in [0.25, 0.3) is 5.91 Å². The summed E-state index contributed by atoms with van der Waals surface area (Å²) in [6, 6.07) is 13.7. The number of fused-ring (bicyclic) bond motifs is 1. The van der Waals surface area contributed by atoms with Crippen molar-refractivity contribution in [3.8, 4) is 0 Å². The Morgan fingerprint density at radius 1 is 1.00 bits per heavy atom. The molecule has 0 saturated carbocycles. The van der Waals surface area contributed by atoms with Crippen molar-refractivity contribution in [2.45, 2.75) is 32.6 Å². The van der Waals surface area contributed by atoms with Gasteiger partial charge in [-0.1, -0.05) is 55.4 Å². The Morgan fingerprint density at radius 2 is 1.70 bits per heavy atom. The third-order valence-electron chi connectivity index (χ3n) is 5.49. The van der Waals surface area contributed by atoms with Gasteiger partial charge in [0, 0.05) is 50.5 Å². The maximum Gasteiger partial charge on any atom is 0.254 e. The normalized spacial score (nSPS) is 14.5. The standard InChI is InChI=1S/C23H26N4O3/c1-16(2)22-24-20(30-25-22)10-11-21(28)26-12-14-27(15-13-26)23(29)19-9-5-7-17-6-3-4-8-18(17)19/h3-9,16H,10-15H2,1-2H3. The summed E-state index contributed by atoms with van der Waals surface area (Å²) in [6.45, 7) is 6.14. The largest absolute Gasteiger partial charge is 0.339 e. The molecular weight excluding hydrogens is 380 g/mol. The second-order valence-electron chi connectivity index (χ2n) is 7.90. The summed E-state index contributed by atoms with van der Waals surface area (Å²) in [6.07, 6.45) is 0.769. The van der Waals surface area contributed by atoms with Crippen LogP contribution in [0.1, 0.15) is 48.3 Å². The van der Waals surface area contributed by atoms with Crippen LogP contribution in [0.3, 0.4) is 0 Å². The summed E-state index contributed by atoms with van der Waals surface area (Å²) >= 11 is 0. The van der Waals surface area contributed by atoms with Gasteiger partial charge in [0.1, 0.15) is 0 Å². The Hall–Kier alpha value is -3.22. The van der Waals surface area contributed by atoms with E-state index < -0.39 is 0 Å². The lowest BCUT2D eigenvalue weighted by atomic mass is 10.0. The summed E-state index contributed by atoms with van der Waals surface area (Å²) in [7, 11) is 0. The summed E-state index contributed by atoms with van der Waals surface area (Å²) in [5.41, 5.74) is 0.713. The Bertz CT molecular complexity index is 1050. The highest BCUT2D eigenvalue weighted by atomic mass is 16.5. The third kappa shape index (κ3) is 4.20. The van der Waals surface area contributed by atoms with Gasteiger partial charge in [-0.3, -0.25) is 9.59 Å². The van der Waals surface area contributed by atoms with Gasteiger partial charge in [0.2, 0.25) is 11.8 Å². The van der Waals surface area contributed by atoms with E-state index >= 15 is 0 Å². The van der Waals surface area contributed by atoms with Gasteiger partial charge in [0.15, 0.2) is 5.82 Å². The molecule has 1 fully saturated rings. The van der Waals surface area contributed by atoms with Gasteiger partial charge in [-0.25, -0.2) is 0 Å². The van der Waals surface area contributed by atoms with Crippen LogP contribution in [0.4, 0.5) is 0 Å². The zero-order chi connectivity index (χ0) is 21.1. The van der Waals surface area contributed by atoms with E-state index in [-0.39, 0.29) is 17.7 Å². The molecule has 1 saturated heterocycles. The van der Waals surface area contributed by atoms with Crippen LogP contribution < -0.4 is 0 Å².